The van der Waals surface area contributed by atoms with Gasteiger partial charge in [0.05, 0.1) is 0 Å². The number of alkyl halides is 1. The number of hydrogen-bond donors (Lipinski definition) is 1. The molecule has 1 aromatic carbocycles. The first-order chi connectivity index (χ1) is 8.04. The SMILES string of the molecule is CC(=O)Oc1cc(OCCF)ccc1C(=O)O. The maximum Gasteiger partial charge on any atom is 0.339 e. The van der Waals surface area contributed by atoms with Gasteiger partial charge in [-0.2, -0.15) is 0 Å². The van der Waals surface area contributed by atoms with Crippen LogP contribution >= 0.6 is 0 Å². The van der Waals surface area contributed by atoms with Gasteiger partial charge in [-0.3, -0.25) is 4.79 Å². The van der Waals surface area contributed by atoms with Crippen molar-refractivity contribution in [1.82, 2.24) is 0 Å². The highest BCUT2D eigenvalue weighted by Crippen LogP contribution is 2.25. The molecular weight excluding hydrogens is 231 g/mol. The summed E-state index contributed by atoms with van der Waals surface area (Å²) in [6.07, 6.45) is 0. The van der Waals surface area contributed by atoms with Crippen molar-refractivity contribution < 1.29 is 28.6 Å². The molecule has 0 spiro atoms. The van der Waals surface area contributed by atoms with Crippen molar-refractivity contribution in [3.05, 3.63) is 23.8 Å². The van der Waals surface area contributed by atoms with Crippen LogP contribution in [0, 0.1) is 0 Å². The summed E-state index contributed by atoms with van der Waals surface area (Å²) in [5.41, 5.74) is -0.159. The number of halogens is 1. The van der Waals surface area contributed by atoms with Gasteiger partial charge in [-0.15, -0.1) is 0 Å². The van der Waals surface area contributed by atoms with Crippen molar-refractivity contribution >= 4 is 11.9 Å². The Hall–Kier alpha value is -2.11. The molecule has 0 atom stereocenters. The molecular formula is C11H11FO5. The number of esters is 1. The quantitative estimate of drug-likeness (QED) is 0.628. The first-order valence-corrected chi connectivity index (χ1v) is 4.79. The molecule has 0 saturated carbocycles. The van der Waals surface area contributed by atoms with Crippen molar-refractivity contribution in [1.29, 1.82) is 0 Å². The molecule has 0 aliphatic rings. The molecule has 0 fully saturated rings. The minimum Gasteiger partial charge on any atom is -0.491 e. The van der Waals surface area contributed by atoms with Crippen LogP contribution in [0.4, 0.5) is 4.39 Å². The smallest absolute Gasteiger partial charge is 0.339 e. The zero-order chi connectivity index (χ0) is 12.8. The molecule has 1 rings (SSSR count). The van der Waals surface area contributed by atoms with Gasteiger partial charge in [-0.05, 0) is 12.1 Å². The number of carbonyl (C=O) groups excluding carboxylic acids is 1. The lowest BCUT2D eigenvalue weighted by molar-refractivity contribution is -0.131. The van der Waals surface area contributed by atoms with E-state index in [1.165, 1.54) is 18.2 Å². The van der Waals surface area contributed by atoms with Gasteiger partial charge < -0.3 is 14.6 Å². The van der Waals surface area contributed by atoms with Gasteiger partial charge in [0.15, 0.2) is 0 Å². The fourth-order valence-electron chi connectivity index (χ4n) is 1.16. The molecule has 0 saturated heterocycles. The molecule has 0 aromatic heterocycles. The van der Waals surface area contributed by atoms with Crippen molar-refractivity contribution in [3.63, 3.8) is 0 Å². The molecule has 0 unspecified atom stereocenters. The van der Waals surface area contributed by atoms with E-state index in [2.05, 4.69) is 0 Å². The maximum absolute atomic E-state index is 11.9. The van der Waals surface area contributed by atoms with E-state index in [1.807, 2.05) is 0 Å². The highest BCUT2D eigenvalue weighted by molar-refractivity contribution is 5.92. The van der Waals surface area contributed by atoms with Gasteiger partial charge in [-0.1, -0.05) is 0 Å². The topological polar surface area (TPSA) is 72.8 Å². The summed E-state index contributed by atoms with van der Waals surface area (Å²) in [4.78, 5) is 21.6. The fourth-order valence-corrected chi connectivity index (χ4v) is 1.16. The van der Waals surface area contributed by atoms with E-state index in [9.17, 15) is 14.0 Å². The Balaban J connectivity index is 3.01. The summed E-state index contributed by atoms with van der Waals surface area (Å²) < 4.78 is 21.6. The van der Waals surface area contributed by atoms with Gasteiger partial charge >= 0.3 is 11.9 Å². The summed E-state index contributed by atoms with van der Waals surface area (Å²) in [5, 5.41) is 8.85. The molecule has 5 nitrogen and oxygen atoms in total. The predicted molar refractivity (Wildman–Crippen MR) is 56.2 cm³/mol. The van der Waals surface area contributed by atoms with Crippen LogP contribution in [-0.4, -0.2) is 30.3 Å². The van der Waals surface area contributed by atoms with E-state index < -0.39 is 18.6 Å². The van der Waals surface area contributed by atoms with Crippen molar-refractivity contribution in [2.45, 2.75) is 6.92 Å². The van der Waals surface area contributed by atoms with Crippen LogP contribution in [0.25, 0.3) is 0 Å². The first kappa shape index (κ1) is 13.0. The lowest BCUT2D eigenvalue weighted by Crippen LogP contribution is -2.08. The zero-order valence-electron chi connectivity index (χ0n) is 9.10. The number of benzene rings is 1. The molecule has 17 heavy (non-hydrogen) atoms. The highest BCUT2D eigenvalue weighted by Gasteiger charge is 2.14. The summed E-state index contributed by atoms with van der Waals surface area (Å²) in [7, 11) is 0. The second-order valence-electron chi connectivity index (χ2n) is 3.09. The summed E-state index contributed by atoms with van der Waals surface area (Å²) in [6.45, 7) is 0.343. The van der Waals surface area contributed by atoms with Crippen LogP contribution in [0.15, 0.2) is 18.2 Å². The molecule has 0 aliphatic carbocycles. The Morgan fingerprint density at radius 3 is 2.65 bits per heavy atom. The molecule has 0 amide bonds. The molecule has 0 aliphatic heterocycles. The molecule has 0 radical (unpaired) electrons. The fraction of sp³-hybridized carbons (Fsp3) is 0.273. The number of carboxylic acid groups (broad SMARTS) is 1. The number of carboxylic acids is 1. The third-order valence-corrected chi connectivity index (χ3v) is 1.78. The lowest BCUT2D eigenvalue weighted by atomic mass is 10.2. The van der Waals surface area contributed by atoms with Crippen LogP contribution in [0.1, 0.15) is 17.3 Å². The zero-order valence-corrected chi connectivity index (χ0v) is 9.10. The summed E-state index contributed by atoms with van der Waals surface area (Å²) in [5.74, 6) is -1.75. The summed E-state index contributed by atoms with van der Waals surface area (Å²) >= 11 is 0. The number of ether oxygens (including phenoxy) is 2. The van der Waals surface area contributed by atoms with Crippen molar-refractivity contribution in [2.24, 2.45) is 0 Å². The number of hydrogen-bond acceptors (Lipinski definition) is 4. The molecule has 0 heterocycles. The van der Waals surface area contributed by atoms with Crippen molar-refractivity contribution in [3.8, 4) is 11.5 Å². The van der Waals surface area contributed by atoms with E-state index in [4.69, 9.17) is 14.6 Å². The van der Waals surface area contributed by atoms with Crippen LogP contribution in [0.3, 0.4) is 0 Å². The Labute approximate surface area is 96.8 Å². The van der Waals surface area contributed by atoms with Crippen LogP contribution in [-0.2, 0) is 4.79 Å². The minimum absolute atomic E-state index is 0.124. The Morgan fingerprint density at radius 1 is 1.41 bits per heavy atom. The normalized spacial score (nSPS) is 9.76. The monoisotopic (exact) mass is 242 g/mol. The molecule has 1 aromatic rings. The largest absolute Gasteiger partial charge is 0.491 e. The molecule has 6 heteroatoms. The second kappa shape index (κ2) is 5.83. The van der Waals surface area contributed by atoms with E-state index in [0.717, 1.165) is 6.92 Å². The average molecular weight is 242 g/mol. The number of rotatable bonds is 5. The lowest BCUT2D eigenvalue weighted by Gasteiger charge is -2.08. The van der Waals surface area contributed by atoms with Gasteiger partial charge in [0, 0.05) is 13.0 Å². The number of aromatic carboxylic acids is 1. The van der Waals surface area contributed by atoms with Gasteiger partial charge in [0.1, 0.15) is 30.3 Å². The van der Waals surface area contributed by atoms with Crippen LogP contribution in [0.2, 0.25) is 0 Å². The van der Waals surface area contributed by atoms with Crippen molar-refractivity contribution in [2.75, 3.05) is 13.3 Å². The Morgan fingerprint density at radius 2 is 2.12 bits per heavy atom. The molecule has 0 bridgehead atoms. The first-order valence-electron chi connectivity index (χ1n) is 4.79. The van der Waals surface area contributed by atoms with Gasteiger partial charge in [-0.25, -0.2) is 9.18 Å². The standard InChI is InChI=1S/C11H11FO5/c1-7(13)17-10-6-8(16-5-4-12)2-3-9(10)11(14)15/h2-3,6H,4-5H2,1H3,(H,14,15). The Bertz CT molecular complexity index is 430. The third-order valence-electron chi connectivity index (χ3n) is 1.78. The molecule has 92 valence electrons. The van der Waals surface area contributed by atoms with E-state index in [1.54, 1.807) is 0 Å². The van der Waals surface area contributed by atoms with E-state index in [-0.39, 0.29) is 23.7 Å². The van der Waals surface area contributed by atoms with Gasteiger partial charge in [0.25, 0.3) is 0 Å². The minimum atomic E-state index is -1.22. The van der Waals surface area contributed by atoms with E-state index >= 15 is 0 Å². The Kier molecular flexibility index (Phi) is 4.45. The predicted octanol–water partition coefficient (Wildman–Crippen LogP) is 1.66. The van der Waals surface area contributed by atoms with Crippen LogP contribution < -0.4 is 9.47 Å². The van der Waals surface area contributed by atoms with Crippen LogP contribution in [0.5, 0.6) is 11.5 Å². The third kappa shape index (κ3) is 3.75. The second-order valence-corrected chi connectivity index (χ2v) is 3.09. The highest BCUT2D eigenvalue weighted by atomic mass is 19.1. The average Bonchev–Trinajstić information content (AvgIpc) is 2.25. The summed E-state index contributed by atoms with van der Waals surface area (Å²) in [6, 6.07) is 3.83. The number of carbonyl (C=O) groups is 2. The van der Waals surface area contributed by atoms with Gasteiger partial charge in [0.2, 0.25) is 0 Å². The van der Waals surface area contributed by atoms with E-state index in [0.29, 0.717) is 0 Å². The maximum atomic E-state index is 11.9. The molecule has 1 N–H and O–H groups in total.